The molecular weight excluding hydrogens is 248 g/mol. The number of aliphatic carboxylic acids is 1. The molecule has 2 atom stereocenters. The van der Waals surface area contributed by atoms with Crippen LogP contribution in [0.2, 0.25) is 0 Å². The van der Waals surface area contributed by atoms with E-state index >= 15 is 0 Å². The van der Waals surface area contributed by atoms with Crippen LogP contribution in [-0.4, -0.2) is 45.4 Å². The molecule has 0 fully saturated rings. The first-order valence-electron chi connectivity index (χ1n) is 6.36. The van der Waals surface area contributed by atoms with Gasteiger partial charge in [-0.25, -0.2) is 0 Å². The van der Waals surface area contributed by atoms with E-state index in [9.17, 15) is 9.90 Å². The summed E-state index contributed by atoms with van der Waals surface area (Å²) in [5.74, 6) is -0.593. The van der Waals surface area contributed by atoms with Crippen LogP contribution >= 0.6 is 0 Å². The van der Waals surface area contributed by atoms with Crippen LogP contribution in [0.5, 0.6) is 0 Å². The van der Waals surface area contributed by atoms with Crippen LogP contribution in [0, 0.1) is 19.8 Å². The van der Waals surface area contributed by atoms with E-state index in [-0.39, 0.29) is 0 Å². The number of hydrogen-bond donors (Lipinski definition) is 2. The third-order valence-corrected chi connectivity index (χ3v) is 3.04. The second-order valence-corrected chi connectivity index (χ2v) is 5.09. The fraction of sp³-hybridized carbons (Fsp3) is 0.692. The summed E-state index contributed by atoms with van der Waals surface area (Å²) in [6, 6.07) is 0. The quantitative estimate of drug-likeness (QED) is 0.774. The van der Waals surface area contributed by atoms with E-state index in [2.05, 4.69) is 5.16 Å². The highest BCUT2D eigenvalue weighted by atomic mass is 16.5. The van der Waals surface area contributed by atoms with Gasteiger partial charge in [0.25, 0.3) is 0 Å². The largest absolute Gasteiger partial charge is 0.481 e. The van der Waals surface area contributed by atoms with Gasteiger partial charge in [-0.3, -0.25) is 9.69 Å². The molecule has 0 bridgehead atoms. The molecule has 0 saturated heterocycles. The first kappa shape index (κ1) is 15.7. The van der Waals surface area contributed by atoms with Crippen LogP contribution in [0.3, 0.4) is 0 Å². The number of aryl methyl sites for hydroxylation is 2. The maximum absolute atomic E-state index is 10.9. The number of hydrogen-bond acceptors (Lipinski definition) is 5. The van der Waals surface area contributed by atoms with Gasteiger partial charge in [0.1, 0.15) is 5.76 Å². The van der Waals surface area contributed by atoms with Gasteiger partial charge in [0.05, 0.1) is 17.7 Å². The average Bonchev–Trinajstić information content (AvgIpc) is 2.59. The van der Waals surface area contributed by atoms with E-state index in [0.717, 1.165) is 17.0 Å². The third-order valence-electron chi connectivity index (χ3n) is 3.04. The lowest BCUT2D eigenvalue weighted by molar-refractivity contribution is -0.141. The van der Waals surface area contributed by atoms with Gasteiger partial charge in [-0.15, -0.1) is 0 Å². The van der Waals surface area contributed by atoms with Gasteiger partial charge in [0.2, 0.25) is 0 Å². The topological polar surface area (TPSA) is 86.8 Å². The molecule has 1 heterocycles. The predicted octanol–water partition coefficient (Wildman–Crippen LogP) is 1.19. The molecule has 108 valence electrons. The lowest BCUT2D eigenvalue weighted by Gasteiger charge is -2.25. The van der Waals surface area contributed by atoms with E-state index in [1.165, 1.54) is 0 Å². The number of carbonyl (C=O) groups is 1. The van der Waals surface area contributed by atoms with Gasteiger partial charge < -0.3 is 14.7 Å². The Hall–Kier alpha value is -1.40. The van der Waals surface area contributed by atoms with Crippen molar-refractivity contribution in [2.24, 2.45) is 5.92 Å². The molecule has 0 saturated carbocycles. The first-order chi connectivity index (χ1) is 8.81. The molecule has 0 aliphatic heterocycles. The monoisotopic (exact) mass is 270 g/mol. The minimum atomic E-state index is -0.839. The van der Waals surface area contributed by atoms with Crippen LogP contribution in [0.1, 0.15) is 30.9 Å². The molecule has 19 heavy (non-hydrogen) atoms. The molecule has 0 radical (unpaired) electrons. The lowest BCUT2D eigenvalue weighted by atomic mass is 10.1. The van der Waals surface area contributed by atoms with Crippen molar-refractivity contribution in [3.8, 4) is 0 Å². The number of aliphatic hydroxyl groups is 1. The minimum absolute atomic E-state index is 0.379. The highest BCUT2D eigenvalue weighted by Gasteiger charge is 2.20. The molecule has 1 rings (SSSR count). The van der Waals surface area contributed by atoms with Crippen LogP contribution in [0.15, 0.2) is 4.52 Å². The average molecular weight is 270 g/mol. The third kappa shape index (κ3) is 4.65. The van der Waals surface area contributed by atoms with Crippen LogP contribution in [0.25, 0.3) is 0 Å². The summed E-state index contributed by atoms with van der Waals surface area (Å²) in [7, 11) is 0. The summed E-state index contributed by atoms with van der Waals surface area (Å²) in [5.41, 5.74) is 1.76. The fourth-order valence-corrected chi connectivity index (χ4v) is 1.99. The van der Waals surface area contributed by atoms with Crippen LogP contribution in [0.4, 0.5) is 0 Å². The molecule has 0 aliphatic rings. The maximum atomic E-state index is 10.9. The Morgan fingerprint density at radius 2 is 2.00 bits per heavy atom. The van der Waals surface area contributed by atoms with E-state index in [1.807, 2.05) is 18.7 Å². The predicted molar refractivity (Wildman–Crippen MR) is 69.7 cm³/mol. The molecule has 0 aliphatic carbocycles. The summed E-state index contributed by atoms with van der Waals surface area (Å²) in [6.07, 6.45) is -0.513. The summed E-state index contributed by atoms with van der Waals surface area (Å²) < 4.78 is 5.10. The SMILES string of the molecule is Cc1noc(C)c1CN(CC(C)O)CC(C)C(=O)O. The molecule has 6 heteroatoms. The van der Waals surface area contributed by atoms with Crippen molar-refractivity contribution in [2.75, 3.05) is 13.1 Å². The zero-order valence-electron chi connectivity index (χ0n) is 11.9. The van der Waals surface area contributed by atoms with E-state index in [1.54, 1.807) is 13.8 Å². The summed E-state index contributed by atoms with van der Waals surface area (Å²) in [4.78, 5) is 12.8. The van der Waals surface area contributed by atoms with E-state index < -0.39 is 18.0 Å². The Morgan fingerprint density at radius 1 is 1.37 bits per heavy atom. The van der Waals surface area contributed by atoms with Crippen molar-refractivity contribution >= 4 is 5.97 Å². The lowest BCUT2D eigenvalue weighted by Crippen LogP contribution is -2.36. The number of rotatable bonds is 7. The Morgan fingerprint density at radius 3 is 2.42 bits per heavy atom. The van der Waals surface area contributed by atoms with Gasteiger partial charge in [-0.05, 0) is 20.8 Å². The summed E-state index contributed by atoms with van der Waals surface area (Å²) in [6.45, 7) is 8.36. The molecule has 2 N–H and O–H groups in total. The minimum Gasteiger partial charge on any atom is -0.481 e. The van der Waals surface area contributed by atoms with Gasteiger partial charge in [0.15, 0.2) is 0 Å². The zero-order chi connectivity index (χ0) is 14.6. The Labute approximate surface area is 113 Å². The smallest absolute Gasteiger partial charge is 0.307 e. The Bertz CT molecular complexity index is 409. The molecule has 0 amide bonds. The number of carboxylic acids is 1. The molecular formula is C13H22N2O4. The van der Waals surface area contributed by atoms with Crippen molar-refractivity contribution in [3.63, 3.8) is 0 Å². The van der Waals surface area contributed by atoms with E-state index in [0.29, 0.717) is 19.6 Å². The highest BCUT2D eigenvalue weighted by molar-refractivity contribution is 5.69. The summed E-state index contributed by atoms with van der Waals surface area (Å²) >= 11 is 0. The zero-order valence-corrected chi connectivity index (χ0v) is 11.9. The summed E-state index contributed by atoms with van der Waals surface area (Å²) in [5, 5.41) is 22.4. The molecule has 6 nitrogen and oxygen atoms in total. The number of aliphatic hydroxyl groups excluding tert-OH is 1. The van der Waals surface area contributed by atoms with Gasteiger partial charge in [0, 0.05) is 25.2 Å². The normalized spacial score (nSPS) is 14.6. The van der Waals surface area contributed by atoms with Crippen LogP contribution < -0.4 is 0 Å². The standard InChI is InChI=1S/C13H22N2O4/c1-8(13(17)18)5-15(6-9(2)16)7-12-10(3)14-19-11(12)4/h8-9,16H,5-7H2,1-4H3,(H,17,18). The van der Waals surface area contributed by atoms with Gasteiger partial charge in [-0.2, -0.15) is 0 Å². The second-order valence-electron chi connectivity index (χ2n) is 5.09. The van der Waals surface area contributed by atoms with E-state index in [4.69, 9.17) is 9.63 Å². The van der Waals surface area contributed by atoms with Crippen molar-refractivity contribution in [1.29, 1.82) is 0 Å². The maximum Gasteiger partial charge on any atom is 0.307 e. The van der Waals surface area contributed by atoms with Crippen LogP contribution in [-0.2, 0) is 11.3 Å². The first-order valence-corrected chi connectivity index (χ1v) is 6.36. The number of nitrogens with zero attached hydrogens (tertiary/aromatic N) is 2. The van der Waals surface area contributed by atoms with Gasteiger partial charge >= 0.3 is 5.97 Å². The van der Waals surface area contributed by atoms with Crippen molar-refractivity contribution in [2.45, 2.75) is 40.3 Å². The molecule has 0 aromatic carbocycles. The second kappa shape index (κ2) is 6.68. The molecule has 1 aromatic rings. The van der Waals surface area contributed by atoms with Gasteiger partial charge in [-0.1, -0.05) is 12.1 Å². The highest BCUT2D eigenvalue weighted by Crippen LogP contribution is 2.16. The van der Waals surface area contributed by atoms with Crippen molar-refractivity contribution < 1.29 is 19.5 Å². The fourth-order valence-electron chi connectivity index (χ4n) is 1.99. The van der Waals surface area contributed by atoms with Crippen molar-refractivity contribution in [1.82, 2.24) is 10.1 Å². The number of carboxylic acid groups (broad SMARTS) is 1. The Kier molecular flexibility index (Phi) is 5.50. The molecule has 1 aromatic heterocycles. The molecule has 0 spiro atoms. The Balaban J connectivity index is 2.77. The number of aromatic nitrogens is 1. The molecule has 2 unspecified atom stereocenters. The van der Waals surface area contributed by atoms with Crippen molar-refractivity contribution in [3.05, 3.63) is 17.0 Å².